The van der Waals surface area contributed by atoms with Gasteiger partial charge in [0, 0.05) is 43.0 Å². The molecule has 5 nitrogen and oxygen atoms in total. The number of benzene rings is 3. The number of amides is 1. The van der Waals surface area contributed by atoms with E-state index in [4.69, 9.17) is 16.3 Å². The van der Waals surface area contributed by atoms with Crippen LogP contribution in [0.3, 0.4) is 0 Å². The molecule has 0 aliphatic carbocycles. The van der Waals surface area contributed by atoms with Crippen LogP contribution in [0.1, 0.15) is 29.7 Å². The third-order valence-corrected chi connectivity index (χ3v) is 7.58. The maximum absolute atomic E-state index is 13.7. The van der Waals surface area contributed by atoms with Gasteiger partial charge in [0.05, 0.1) is 25.1 Å². The zero-order chi connectivity index (χ0) is 24.4. The van der Waals surface area contributed by atoms with Crippen molar-refractivity contribution in [1.82, 2.24) is 10.2 Å². The zero-order valence-electron chi connectivity index (χ0n) is 20.3. The van der Waals surface area contributed by atoms with Crippen LogP contribution in [-0.2, 0) is 17.8 Å². The first-order valence-electron chi connectivity index (χ1n) is 12.3. The second-order valence-corrected chi connectivity index (χ2v) is 10.0. The predicted octanol–water partition coefficient (Wildman–Crippen LogP) is 5.09. The predicted molar refractivity (Wildman–Crippen MR) is 141 cm³/mol. The highest BCUT2D eigenvalue weighted by molar-refractivity contribution is 6.30. The zero-order valence-corrected chi connectivity index (χ0v) is 21.0. The van der Waals surface area contributed by atoms with E-state index in [0.717, 1.165) is 48.9 Å². The first kappa shape index (κ1) is 23.7. The third-order valence-electron chi connectivity index (χ3n) is 7.32. The van der Waals surface area contributed by atoms with Crippen LogP contribution in [0.25, 0.3) is 0 Å². The van der Waals surface area contributed by atoms with Gasteiger partial charge in [-0.1, -0.05) is 60.1 Å². The van der Waals surface area contributed by atoms with Crippen LogP contribution in [0, 0.1) is 5.92 Å². The second kappa shape index (κ2) is 10.3. The molecule has 0 spiro atoms. The third kappa shape index (κ3) is 5.16. The Balaban J connectivity index is 1.39. The number of anilines is 1. The summed E-state index contributed by atoms with van der Waals surface area (Å²) in [5.41, 5.74) is 4.76. The molecule has 3 aromatic rings. The largest absolute Gasteiger partial charge is 0.497 e. The number of hydrogen-bond donors (Lipinski definition) is 1. The molecule has 1 N–H and O–H groups in total. The number of nitrogens with one attached hydrogen (secondary N) is 1. The number of piperazine rings is 1. The van der Waals surface area contributed by atoms with Crippen LogP contribution >= 0.6 is 11.6 Å². The Bertz CT molecular complexity index is 1170. The summed E-state index contributed by atoms with van der Waals surface area (Å²) >= 11 is 6.08. The summed E-state index contributed by atoms with van der Waals surface area (Å²) in [4.78, 5) is 18.6. The molecule has 1 fully saturated rings. The van der Waals surface area contributed by atoms with Crippen molar-refractivity contribution >= 4 is 23.2 Å². The van der Waals surface area contributed by atoms with Gasteiger partial charge in [-0.3, -0.25) is 9.69 Å². The Morgan fingerprint density at radius 3 is 2.60 bits per heavy atom. The quantitative estimate of drug-likeness (QED) is 0.524. The fraction of sp³-hybridized carbons (Fsp3) is 0.345. The van der Waals surface area contributed by atoms with Gasteiger partial charge >= 0.3 is 0 Å². The maximum atomic E-state index is 13.7. The van der Waals surface area contributed by atoms with Crippen LogP contribution in [0.2, 0.25) is 5.02 Å². The number of methoxy groups -OCH3 is 1. The summed E-state index contributed by atoms with van der Waals surface area (Å²) in [6, 6.07) is 24.5. The van der Waals surface area contributed by atoms with E-state index in [-0.39, 0.29) is 23.9 Å². The molecule has 3 aromatic carbocycles. The van der Waals surface area contributed by atoms with Gasteiger partial charge in [-0.05, 0) is 48.2 Å². The van der Waals surface area contributed by atoms with Gasteiger partial charge in [0.25, 0.3) is 0 Å². The Kier molecular flexibility index (Phi) is 6.98. The number of hydrogen-bond acceptors (Lipinski definition) is 4. The van der Waals surface area contributed by atoms with E-state index >= 15 is 0 Å². The second-order valence-electron chi connectivity index (χ2n) is 9.57. The molecule has 1 saturated heterocycles. The van der Waals surface area contributed by atoms with Gasteiger partial charge in [0.1, 0.15) is 5.75 Å². The molecule has 3 atom stereocenters. The van der Waals surface area contributed by atoms with E-state index in [1.54, 1.807) is 7.11 Å². The van der Waals surface area contributed by atoms with Crippen molar-refractivity contribution < 1.29 is 9.53 Å². The van der Waals surface area contributed by atoms with Crippen LogP contribution in [0.5, 0.6) is 5.75 Å². The highest BCUT2D eigenvalue weighted by Crippen LogP contribution is 2.38. The van der Waals surface area contributed by atoms with Crippen molar-refractivity contribution in [3.63, 3.8) is 0 Å². The van der Waals surface area contributed by atoms with Crippen LogP contribution in [0.4, 0.5) is 5.69 Å². The fourth-order valence-electron chi connectivity index (χ4n) is 5.40. The number of ether oxygens (including phenoxy) is 1. The van der Waals surface area contributed by atoms with Gasteiger partial charge in [0.15, 0.2) is 0 Å². The molecule has 35 heavy (non-hydrogen) atoms. The number of carbonyl (C=O) groups excluding carboxylic acids is 1. The van der Waals surface area contributed by atoms with Crippen molar-refractivity contribution in [2.45, 2.75) is 32.0 Å². The van der Waals surface area contributed by atoms with Gasteiger partial charge < -0.3 is 15.0 Å². The van der Waals surface area contributed by atoms with E-state index in [2.05, 4.69) is 58.4 Å². The Labute approximate surface area is 212 Å². The lowest BCUT2D eigenvalue weighted by atomic mass is 9.83. The van der Waals surface area contributed by atoms with Crippen LogP contribution in [0.15, 0.2) is 72.8 Å². The smallest absolute Gasteiger partial charge is 0.226 e. The lowest BCUT2D eigenvalue weighted by Gasteiger charge is -2.49. The molecule has 6 heteroatoms. The van der Waals surface area contributed by atoms with Gasteiger partial charge in [-0.25, -0.2) is 0 Å². The van der Waals surface area contributed by atoms with Crippen molar-refractivity contribution in [2.24, 2.45) is 5.92 Å². The van der Waals surface area contributed by atoms with E-state index in [1.807, 2.05) is 36.4 Å². The summed E-state index contributed by atoms with van der Waals surface area (Å²) in [7, 11) is 1.70. The van der Waals surface area contributed by atoms with Gasteiger partial charge in [-0.15, -0.1) is 0 Å². The Morgan fingerprint density at radius 1 is 1.09 bits per heavy atom. The number of halogens is 1. The number of carbonyl (C=O) groups is 1. The lowest BCUT2D eigenvalue weighted by molar-refractivity contribution is -0.126. The summed E-state index contributed by atoms with van der Waals surface area (Å²) in [6.07, 6.45) is 0.725. The standard InChI is InChI=1S/C29H32ClN3O2/c1-20(22-6-4-3-5-7-22)31-29(34)26-16-23-10-13-25(35-2)17-27(23)33-15-14-32(19-28(26)33)18-21-8-11-24(30)12-9-21/h3-13,17,20,26,28H,14-16,18-19H2,1-2H3,(H,31,34)/t20-,26+,28+/m0/s1. The van der Waals surface area contributed by atoms with Crippen LogP contribution < -0.4 is 15.0 Å². The Hall–Kier alpha value is -3.02. The first-order valence-corrected chi connectivity index (χ1v) is 12.7. The maximum Gasteiger partial charge on any atom is 0.226 e. The summed E-state index contributed by atoms with van der Waals surface area (Å²) < 4.78 is 5.52. The number of rotatable bonds is 6. The minimum atomic E-state index is -0.130. The molecule has 0 aromatic heterocycles. The van der Waals surface area contributed by atoms with E-state index in [9.17, 15) is 4.79 Å². The highest BCUT2D eigenvalue weighted by atomic mass is 35.5. The molecule has 182 valence electrons. The van der Waals surface area contributed by atoms with Crippen molar-refractivity contribution in [3.8, 4) is 5.75 Å². The molecular formula is C29H32ClN3O2. The van der Waals surface area contributed by atoms with Crippen molar-refractivity contribution in [2.75, 3.05) is 31.6 Å². The molecule has 0 radical (unpaired) electrons. The SMILES string of the molecule is COc1ccc2c(c1)N1CCN(Cc3ccc(Cl)cc3)C[C@@H]1[C@H](C(=O)N[C@@H](C)c1ccccc1)C2. The van der Waals surface area contributed by atoms with Crippen molar-refractivity contribution in [3.05, 3.63) is 94.5 Å². The highest BCUT2D eigenvalue weighted by Gasteiger charge is 2.42. The van der Waals surface area contributed by atoms with E-state index in [0.29, 0.717) is 0 Å². The fourth-order valence-corrected chi connectivity index (χ4v) is 5.53. The molecule has 1 amide bonds. The van der Waals surface area contributed by atoms with Gasteiger partial charge in [0.2, 0.25) is 5.91 Å². The van der Waals surface area contributed by atoms with E-state index < -0.39 is 0 Å². The van der Waals surface area contributed by atoms with Gasteiger partial charge in [-0.2, -0.15) is 0 Å². The average Bonchev–Trinajstić information content (AvgIpc) is 2.89. The molecule has 2 aliphatic rings. The molecule has 0 bridgehead atoms. The molecule has 0 unspecified atom stereocenters. The minimum Gasteiger partial charge on any atom is -0.497 e. The summed E-state index contributed by atoms with van der Waals surface area (Å²) in [5, 5.41) is 4.05. The van der Waals surface area contributed by atoms with E-state index in [1.165, 1.54) is 16.8 Å². The van der Waals surface area contributed by atoms with Crippen molar-refractivity contribution in [1.29, 1.82) is 0 Å². The minimum absolute atomic E-state index is 0.0387. The Morgan fingerprint density at radius 2 is 1.86 bits per heavy atom. The molecule has 0 saturated carbocycles. The normalized spacial score (nSPS) is 20.5. The molecule has 5 rings (SSSR count). The summed E-state index contributed by atoms with van der Waals surface area (Å²) in [5.74, 6) is 0.841. The summed E-state index contributed by atoms with van der Waals surface area (Å²) in [6.45, 7) is 5.54. The monoisotopic (exact) mass is 489 g/mol. The molecule has 2 aliphatic heterocycles. The number of nitrogens with zero attached hydrogens (tertiary/aromatic N) is 2. The topological polar surface area (TPSA) is 44.8 Å². The lowest BCUT2D eigenvalue weighted by Crippen LogP contribution is -2.61. The molecule has 2 heterocycles. The molecular weight excluding hydrogens is 458 g/mol. The average molecular weight is 490 g/mol. The van der Waals surface area contributed by atoms with Crippen LogP contribution in [-0.4, -0.2) is 43.6 Å². The first-order chi connectivity index (χ1) is 17.0. The number of fused-ring (bicyclic) bond motifs is 3.